The zero-order valence-corrected chi connectivity index (χ0v) is 12.7. The molecule has 0 spiro atoms. The molecule has 0 bridgehead atoms. The van der Waals surface area contributed by atoms with Gasteiger partial charge in [-0.15, -0.1) is 0 Å². The maximum atomic E-state index is 12.1. The Labute approximate surface area is 126 Å². The molecule has 7 nitrogen and oxygen atoms in total. The van der Waals surface area contributed by atoms with Crippen molar-refractivity contribution in [1.29, 1.82) is 0 Å². The lowest BCUT2D eigenvalue weighted by atomic mass is 9.79. The first-order valence-corrected chi connectivity index (χ1v) is 7.65. The van der Waals surface area contributed by atoms with E-state index in [9.17, 15) is 14.9 Å². The highest BCUT2D eigenvalue weighted by molar-refractivity contribution is 7.13. The first-order chi connectivity index (χ1) is 10.1. The molecule has 1 aliphatic heterocycles. The summed E-state index contributed by atoms with van der Waals surface area (Å²) in [6.45, 7) is 2.93. The van der Waals surface area contributed by atoms with Crippen LogP contribution in [0.1, 0.15) is 23.2 Å². The number of thiophene rings is 1. The summed E-state index contributed by atoms with van der Waals surface area (Å²) in [5.74, 6) is -0.270. The summed E-state index contributed by atoms with van der Waals surface area (Å²) >= 11 is 0.962. The zero-order valence-electron chi connectivity index (χ0n) is 11.9. The van der Waals surface area contributed by atoms with Gasteiger partial charge < -0.3 is 15.4 Å². The van der Waals surface area contributed by atoms with Crippen LogP contribution in [-0.4, -0.2) is 44.2 Å². The summed E-state index contributed by atoms with van der Waals surface area (Å²) in [6.07, 6.45) is 1.87. The molecule has 1 aliphatic rings. The Morgan fingerprint density at radius 3 is 2.86 bits per heavy atom. The molecule has 1 amide bonds. The third kappa shape index (κ3) is 3.99. The summed E-state index contributed by atoms with van der Waals surface area (Å²) in [7, 11) is 1.66. The second-order valence-electron chi connectivity index (χ2n) is 5.30. The van der Waals surface area contributed by atoms with E-state index in [1.807, 2.05) is 0 Å². The van der Waals surface area contributed by atoms with E-state index < -0.39 is 4.92 Å². The van der Waals surface area contributed by atoms with Crippen molar-refractivity contribution in [2.24, 2.45) is 5.41 Å². The molecule has 0 radical (unpaired) electrons. The van der Waals surface area contributed by atoms with Crippen LogP contribution in [0.15, 0.2) is 11.4 Å². The van der Waals surface area contributed by atoms with Gasteiger partial charge in [0, 0.05) is 30.5 Å². The smallest absolute Gasteiger partial charge is 0.324 e. The van der Waals surface area contributed by atoms with E-state index in [2.05, 4.69) is 10.6 Å². The molecular formula is C13H19N3O4S. The van der Waals surface area contributed by atoms with Crippen LogP contribution < -0.4 is 10.6 Å². The van der Waals surface area contributed by atoms with Crippen LogP contribution in [0.5, 0.6) is 0 Å². The highest BCUT2D eigenvalue weighted by Crippen LogP contribution is 2.28. The standard InChI is InChI=1S/C13H19N3O4S/c1-20-9-13(2-4-14-5-3-13)8-15-12(17)10-6-11(16(18)19)21-7-10/h6-7,14H,2-5,8-9H2,1H3,(H,15,17). The van der Waals surface area contributed by atoms with Gasteiger partial charge in [0.15, 0.2) is 0 Å². The molecule has 0 atom stereocenters. The molecule has 21 heavy (non-hydrogen) atoms. The summed E-state index contributed by atoms with van der Waals surface area (Å²) in [6, 6.07) is 1.31. The average molecular weight is 313 g/mol. The fraction of sp³-hybridized carbons (Fsp3) is 0.615. The van der Waals surface area contributed by atoms with Gasteiger partial charge in [-0.2, -0.15) is 0 Å². The van der Waals surface area contributed by atoms with Crippen molar-refractivity contribution in [3.63, 3.8) is 0 Å². The van der Waals surface area contributed by atoms with Crippen LogP contribution in [-0.2, 0) is 4.74 Å². The van der Waals surface area contributed by atoms with Crippen molar-refractivity contribution in [1.82, 2.24) is 10.6 Å². The van der Waals surface area contributed by atoms with E-state index in [0.29, 0.717) is 18.7 Å². The number of nitro groups is 1. The van der Waals surface area contributed by atoms with Gasteiger partial charge >= 0.3 is 5.00 Å². The van der Waals surface area contributed by atoms with Crippen molar-refractivity contribution >= 4 is 22.2 Å². The van der Waals surface area contributed by atoms with E-state index >= 15 is 0 Å². The number of carbonyl (C=O) groups is 1. The van der Waals surface area contributed by atoms with E-state index in [1.165, 1.54) is 11.4 Å². The fourth-order valence-corrected chi connectivity index (χ4v) is 3.25. The van der Waals surface area contributed by atoms with Crippen molar-refractivity contribution in [2.75, 3.05) is 33.4 Å². The van der Waals surface area contributed by atoms with Gasteiger partial charge in [0.05, 0.1) is 17.1 Å². The van der Waals surface area contributed by atoms with Crippen LogP contribution in [0.2, 0.25) is 0 Å². The highest BCUT2D eigenvalue weighted by atomic mass is 32.1. The molecule has 1 saturated heterocycles. The molecular weight excluding hydrogens is 294 g/mol. The Hall–Kier alpha value is -1.51. The second kappa shape index (κ2) is 6.97. The summed E-state index contributed by atoms with van der Waals surface area (Å²) < 4.78 is 5.29. The largest absolute Gasteiger partial charge is 0.384 e. The van der Waals surface area contributed by atoms with Crippen molar-refractivity contribution in [3.8, 4) is 0 Å². The van der Waals surface area contributed by atoms with Crippen LogP contribution >= 0.6 is 11.3 Å². The average Bonchev–Trinajstić information content (AvgIpc) is 2.96. The number of piperidine rings is 1. The molecule has 0 saturated carbocycles. The molecule has 0 aromatic carbocycles. The normalized spacial score (nSPS) is 17.4. The number of hydrogen-bond donors (Lipinski definition) is 2. The molecule has 1 aromatic rings. The van der Waals surface area contributed by atoms with Gasteiger partial charge in [-0.3, -0.25) is 14.9 Å². The molecule has 0 aliphatic carbocycles. The van der Waals surface area contributed by atoms with Crippen LogP contribution in [0.3, 0.4) is 0 Å². The molecule has 1 fully saturated rings. The van der Waals surface area contributed by atoms with E-state index in [-0.39, 0.29) is 16.3 Å². The summed E-state index contributed by atoms with van der Waals surface area (Å²) in [4.78, 5) is 22.2. The van der Waals surface area contributed by atoms with Gasteiger partial charge in [0.1, 0.15) is 0 Å². The molecule has 2 N–H and O–H groups in total. The minimum absolute atomic E-state index is 0.0198. The van der Waals surface area contributed by atoms with Crippen LogP contribution in [0.4, 0.5) is 5.00 Å². The molecule has 0 unspecified atom stereocenters. The maximum Gasteiger partial charge on any atom is 0.324 e. The highest BCUT2D eigenvalue weighted by Gasteiger charge is 2.32. The number of methoxy groups -OCH3 is 1. The quantitative estimate of drug-likeness (QED) is 0.611. The first-order valence-electron chi connectivity index (χ1n) is 6.77. The number of rotatable bonds is 6. The Bertz CT molecular complexity index is 506. The van der Waals surface area contributed by atoms with E-state index in [0.717, 1.165) is 37.3 Å². The lowest BCUT2D eigenvalue weighted by Gasteiger charge is -2.37. The number of carbonyl (C=O) groups excluding carboxylic acids is 1. The molecule has 2 heterocycles. The fourth-order valence-electron chi connectivity index (χ4n) is 2.55. The number of amides is 1. The Kier molecular flexibility index (Phi) is 5.27. The predicted octanol–water partition coefficient (Wildman–Crippen LogP) is 1.40. The molecule has 1 aromatic heterocycles. The molecule has 2 rings (SSSR count). The van der Waals surface area contributed by atoms with Crippen molar-refractivity contribution < 1.29 is 14.5 Å². The van der Waals surface area contributed by atoms with Gasteiger partial charge in [0.2, 0.25) is 0 Å². The van der Waals surface area contributed by atoms with Gasteiger partial charge in [0.25, 0.3) is 5.91 Å². The van der Waals surface area contributed by atoms with Crippen LogP contribution in [0.25, 0.3) is 0 Å². The zero-order chi connectivity index (χ0) is 15.3. The predicted molar refractivity (Wildman–Crippen MR) is 79.7 cm³/mol. The van der Waals surface area contributed by atoms with Gasteiger partial charge in [-0.25, -0.2) is 0 Å². The molecule has 8 heteroatoms. The lowest BCUT2D eigenvalue weighted by molar-refractivity contribution is -0.380. The van der Waals surface area contributed by atoms with Gasteiger partial charge in [-0.05, 0) is 25.9 Å². The Balaban J connectivity index is 1.96. The third-order valence-electron chi connectivity index (χ3n) is 3.77. The summed E-state index contributed by atoms with van der Waals surface area (Å²) in [5, 5.41) is 18.3. The van der Waals surface area contributed by atoms with Crippen molar-refractivity contribution in [2.45, 2.75) is 12.8 Å². The Morgan fingerprint density at radius 2 is 2.29 bits per heavy atom. The van der Waals surface area contributed by atoms with Crippen molar-refractivity contribution in [3.05, 3.63) is 27.1 Å². The maximum absolute atomic E-state index is 12.1. The SMILES string of the molecule is COCC1(CNC(=O)c2csc([N+](=O)[O-])c2)CCNCC1. The first kappa shape index (κ1) is 15.9. The van der Waals surface area contributed by atoms with E-state index in [1.54, 1.807) is 7.11 Å². The summed E-state index contributed by atoms with van der Waals surface area (Å²) in [5.41, 5.74) is 0.283. The Morgan fingerprint density at radius 1 is 1.57 bits per heavy atom. The number of hydrogen-bond acceptors (Lipinski definition) is 6. The minimum Gasteiger partial charge on any atom is -0.384 e. The van der Waals surface area contributed by atoms with Crippen LogP contribution in [0, 0.1) is 15.5 Å². The topological polar surface area (TPSA) is 93.5 Å². The third-order valence-corrected chi connectivity index (χ3v) is 4.65. The number of nitrogens with one attached hydrogen (secondary N) is 2. The van der Waals surface area contributed by atoms with E-state index in [4.69, 9.17) is 4.74 Å². The van der Waals surface area contributed by atoms with Gasteiger partial charge in [-0.1, -0.05) is 11.3 Å². The monoisotopic (exact) mass is 313 g/mol. The number of ether oxygens (including phenoxy) is 1. The lowest BCUT2D eigenvalue weighted by Crippen LogP contribution is -2.47. The number of nitrogens with zero attached hydrogens (tertiary/aromatic N) is 1. The molecule has 116 valence electrons. The minimum atomic E-state index is -0.485. The second-order valence-corrected chi connectivity index (χ2v) is 6.19.